The molecule has 2 aromatic carbocycles. The molecule has 0 aliphatic carbocycles. The number of ether oxygens (including phenoxy) is 1. The minimum atomic E-state index is -0.435. The molecule has 0 amide bonds. The van der Waals surface area contributed by atoms with E-state index >= 15 is 0 Å². The van der Waals surface area contributed by atoms with Gasteiger partial charge >= 0.3 is 0 Å². The fourth-order valence-corrected chi connectivity index (χ4v) is 2.24. The molecule has 0 aromatic heterocycles. The van der Waals surface area contributed by atoms with Crippen LogP contribution in [0.25, 0.3) is 0 Å². The first-order valence-corrected chi connectivity index (χ1v) is 6.87. The minimum Gasteiger partial charge on any atom is -0.452 e. The summed E-state index contributed by atoms with van der Waals surface area (Å²) in [6, 6.07) is 9.58. The van der Waals surface area contributed by atoms with Crippen LogP contribution in [0.5, 0.6) is 11.5 Å². The average molecular weight is 314 g/mol. The van der Waals surface area contributed by atoms with Crippen molar-refractivity contribution in [2.24, 2.45) is 0 Å². The Morgan fingerprint density at radius 3 is 2.60 bits per heavy atom. The number of hydrogen-bond acceptors (Lipinski definition) is 2. The molecule has 5 heteroatoms. The van der Waals surface area contributed by atoms with Crippen molar-refractivity contribution in [3.05, 3.63) is 57.8 Å². The third-order valence-electron chi connectivity index (χ3n) is 3.00. The summed E-state index contributed by atoms with van der Waals surface area (Å²) in [6.45, 7) is 1.92. The van der Waals surface area contributed by atoms with Gasteiger partial charge in [-0.05, 0) is 38.2 Å². The Hall–Kier alpha value is -1.29. The van der Waals surface area contributed by atoms with Crippen LogP contribution in [0.3, 0.4) is 0 Å². The number of hydrogen-bond donors (Lipinski definition) is 1. The second-order valence-electron chi connectivity index (χ2n) is 4.35. The first-order valence-electron chi connectivity index (χ1n) is 6.11. The Morgan fingerprint density at radius 1 is 1.20 bits per heavy atom. The predicted octanol–water partition coefficient (Wildman–Crippen LogP) is 5.21. The first-order chi connectivity index (χ1) is 9.52. The number of benzene rings is 2. The highest BCUT2D eigenvalue weighted by molar-refractivity contribution is 6.35. The van der Waals surface area contributed by atoms with E-state index in [4.69, 9.17) is 27.9 Å². The van der Waals surface area contributed by atoms with E-state index in [0.29, 0.717) is 15.8 Å². The van der Waals surface area contributed by atoms with Gasteiger partial charge in [-0.3, -0.25) is 0 Å². The van der Waals surface area contributed by atoms with Gasteiger partial charge in [-0.2, -0.15) is 0 Å². The van der Waals surface area contributed by atoms with Gasteiger partial charge in [-0.15, -0.1) is 0 Å². The molecule has 0 spiro atoms. The number of halogens is 3. The van der Waals surface area contributed by atoms with E-state index in [0.717, 1.165) is 5.56 Å². The lowest BCUT2D eigenvalue weighted by molar-refractivity contribution is 0.428. The molecule has 2 rings (SSSR count). The first kappa shape index (κ1) is 15.1. The van der Waals surface area contributed by atoms with Crippen molar-refractivity contribution in [3.63, 3.8) is 0 Å². The van der Waals surface area contributed by atoms with E-state index in [-0.39, 0.29) is 11.8 Å². The highest BCUT2D eigenvalue weighted by Crippen LogP contribution is 2.36. The van der Waals surface area contributed by atoms with Gasteiger partial charge in [0.15, 0.2) is 11.6 Å². The maximum atomic E-state index is 14.0. The van der Waals surface area contributed by atoms with Gasteiger partial charge in [-0.25, -0.2) is 4.39 Å². The van der Waals surface area contributed by atoms with Crippen molar-refractivity contribution in [3.8, 4) is 11.5 Å². The molecule has 20 heavy (non-hydrogen) atoms. The topological polar surface area (TPSA) is 21.3 Å². The fourth-order valence-electron chi connectivity index (χ4n) is 1.80. The predicted molar refractivity (Wildman–Crippen MR) is 80.4 cm³/mol. The Bertz CT molecular complexity index is 619. The molecule has 0 radical (unpaired) electrons. The molecule has 0 saturated carbocycles. The van der Waals surface area contributed by atoms with Crippen LogP contribution in [0.1, 0.15) is 18.5 Å². The molecule has 0 fully saturated rings. The van der Waals surface area contributed by atoms with E-state index in [1.807, 2.05) is 13.0 Å². The molecule has 0 bridgehead atoms. The largest absolute Gasteiger partial charge is 0.452 e. The third-order valence-corrected chi connectivity index (χ3v) is 3.53. The van der Waals surface area contributed by atoms with Crippen molar-refractivity contribution in [2.45, 2.75) is 13.0 Å². The second kappa shape index (κ2) is 6.44. The standard InChI is InChI=1S/C15H14Cl2FNO/c1-9(19-2)11-4-3-5-13(18)15(11)20-14-7-6-10(16)8-12(14)17/h3-9,19H,1-2H3. The van der Waals surface area contributed by atoms with Crippen LogP contribution in [0.15, 0.2) is 36.4 Å². The van der Waals surface area contributed by atoms with Crippen molar-refractivity contribution in [1.82, 2.24) is 5.32 Å². The van der Waals surface area contributed by atoms with Gasteiger partial charge in [0, 0.05) is 16.6 Å². The maximum absolute atomic E-state index is 14.0. The summed E-state index contributed by atoms with van der Waals surface area (Å²) in [5.74, 6) is 0.0971. The molecule has 106 valence electrons. The summed E-state index contributed by atoms with van der Waals surface area (Å²) in [4.78, 5) is 0. The van der Waals surface area contributed by atoms with E-state index in [2.05, 4.69) is 5.32 Å². The molecular formula is C15H14Cl2FNO. The van der Waals surface area contributed by atoms with Crippen molar-refractivity contribution >= 4 is 23.2 Å². The molecule has 0 aliphatic heterocycles. The van der Waals surface area contributed by atoms with E-state index in [1.54, 1.807) is 31.3 Å². The Balaban J connectivity index is 2.42. The summed E-state index contributed by atoms with van der Waals surface area (Å²) < 4.78 is 19.7. The van der Waals surface area contributed by atoms with Crippen molar-refractivity contribution in [2.75, 3.05) is 7.05 Å². The van der Waals surface area contributed by atoms with E-state index in [9.17, 15) is 4.39 Å². The molecule has 1 N–H and O–H groups in total. The molecule has 1 atom stereocenters. The molecule has 0 heterocycles. The zero-order chi connectivity index (χ0) is 14.7. The molecular weight excluding hydrogens is 300 g/mol. The number of para-hydroxylation sites is 1. The van der Waals surface area contributed by atoms with E-state index < -0.39 is 5.82 Å². The lowest BCUT2D eigenvalue weighted by atomic mass is 10.1. The average Bonchev–Trinajstić information content (AvgIpc) is 2.42. The van der Waals surface area contributed by atoms with Gasteiger partial charge in [0.1, 0.15) is 5.75 Å². The zero-order valence-corrected chi connectivity index (χ0v) is 12.6. The normalized spacial score (nSPS) is 12.2. The van der Waals surface area contributed by atoms with Gasteiger partial charge in [0.05, 0.1) is 5.02 Å². The van der Waals surface area contributed by atoms with Gasteiger partial charge in [0.2, 0.25) is 0 Å². The Kier molecular flexibility index (Phi) is 4.86. The summed E-state index contributed by atoms with van der Waals surface area (Å²) in [5.41, 5.74) is 0.721. The van der Waals surface area contributed by atoms with Crippen LogP contribution in [0.2, 0.25) is 10.0 Å². The van der Waals surface area contributed by atoms with Crippen molar-refractivity contribution < 1.29 is 9.13 Å². The zero-order valence-electron chi connectivity index (χ0n) is 11.1. The Morgan fingerprint density at radius 2 is 1.95 bits per heavy atom. The SMILES string of the molecule is CNC(C)c1cccc(F)c1Oc1ccc(Cl)cc1Cl. The summed E-state index contributed by atoms with van der Waals surface area (Å²) >= 11 is 11.9. The lowest BCUT2D eigenvalue weighted by Crippen LogP contribution is -2.13. The molecule has 2 nitrogen and oxygen atoms in total. The lowest BCUT2D eigenvalue weighted by Gasteiger charge is -2.17. The summed E-state index contributed by atoms with van der Waals surface area (Å²) in [5, 5.41) is 3.89. The highest BCUT2D eigenvalue weighted by atomic mass is 35.5. The number of nitrogens with one attached hydrogen (secondary N) is 1. The second-order valence-corrected chi connectivity index (χ2v) is 5.19. The third kappa shape index (κ3) is 3.23. The fraction of sp³-hybridized carbons (Fsp3) is 0.200. The van der Waals surface area contributed by atoms with Crippen LogP contribution in [-0.4, -0.2) is 7.05 Å². The molecule has 1 unspecified atom stereocenters. The monoisotopic (exact) mass is 313 g/mol. The van der Waals surface area contributed by atoms with Crippen LogP contribution < -0.4 is 10.1 Å². The highest BCUT2D eigenvalue weighted by Gasteiger charge is 2.16. The summed E-state index contributed by atoms with van der Waals surface area (Å²) in [6.07, 6.45) is 0. The van der Waals surface area contributed by atoms with Gasteiger partial charge in [0.25, 0.3) is 0 Å². The van der Waals surface area contributed by atoms with E-state index in [1.165, 1.54) is 6.07 Å². The van der Waals surface area contributed by atoms with Gasteiger partial charge in [-0.1, -0.05) is 35.3 Å². The van der Waals surface area contributed by atoms with Crippen LogP contribution in [-0.2, 0) is 0 Å². The summed E-state index contributed by atoms with van der Waals surface area (Å²) in [7, 11) is 1.80. The van der Waals surface area contributed by atoms with Crippen LogP contribution >= 0.6 is 23.2 Å². The molecule has 2 aromatic rings. The molecule has 0 aliphatic rings. The van der Waals surface area contributed by atoms with Crippen molar-refractivity contribution in [1.29, 1.82) is 0 Å². The van der Waals surface area contributed by atoms with Crippen LogP contribution in [0.4, 0.5) is 4.39 Å². The smallest absolute Gasteiger partial charge is 0.167 e. The van der Waals surface area contributed by atoms with Crippen LogP contribution in [0, 0.1) is 5.82 Å². The minimum absolute atomic E-state index is 0.0493. The van der Waals surface area contributed by atoms with Gasteiger partial charge < -0.3 is 10.1 Å². The quantitative estimate of drug-likeness (QED) is 0.837. The maximum Gasteiger partial charge on any atom is 0.167 e. The number of rotatable bonds is 4. The molecule has 0 saturated heterocycles. The Labute approximate surface area is 127 Å².